The minimum absolute atomic E-state index is 0.116. The molecule has 0 spiro atoms. The zero-order valence-corrected chi connectivity index (χ0v) is 17.5. The summed E-state index contributed by atoms with van der Waals surface area (Å²) in [7, 11) is 3.20. The number of halogens is 1. The normalized spacial score (nSPS) is 18.3. The molecule has 3 aromatic rings. The minimum Gasteiger partial charge on any atom is -0.504 e. The lowest BCUT2D eigenvalue weighted by Crippen LogP contribution is -2.39. The monoisotopic (exact) mass is 422 g/mol. The average Bonchev–Trinajstić information content (AvgIpc) is 2.79. The smallest absolute Gasteiger partial charge is 0.162 e. The Hall–Kier alpha value is -3.15. The van der Waals surface area contributed by atoms with E-state index in [0.717, 1.165) is 28.1 Å². The molecule has 0 aromatic heterocycles. The number of methoxy groups -OCH3 is 2. The minimum atomic E-state index is -0.262. The lowest BCUT2D eigenvalue weighted by atomic mass is 9.97. The molecule has 0 saturated heterocycles. The van der Waals surface area contributed by atoms with Gasteiger partial charge in [0.1, 0.15) is 11.9 Å². The standard InChI is InChI=1S/C24H23ClN2O3/c1-29-21-8-4-3-6-18(21)24-26-19(15-10-12-16(25)13-11-15)14-20(27-24)17-7-5-9-22(30-2)23(17)28/h3-14,20,24,26-28H,1-2H3. The van der Waals surface area contributed by atoms with Gasteiger partial charge in [-0.05, 0) is 35.9 Å². The topological polar surface area (TPSA) is 62.8 Å². The fraction of sp³-hybridized carbons (Fsp3) is 0.167. The van der Waals surface area contributed by atoms with E-state index in [1.165, 1.54) is 0 Å². The summed E-state index contributed by atoms with van der Waals surface area (Å²) in [5.74, 6) is 1.32. The molecular weight excluding hydrogens is 400 g/mol. The molecule has 0 fully saturated rings. The molecule has 0 bridgehead atoms. The lowest BCUT2D eigenvalue weighted by Gasteiger charge is -2.34. The van der Waals surface area contributed by atoms with Gasteiger partial charge in [0.25, 0.3) is 0 Å². The summed E-state index contributed by atoms with van der Waals surface area (Å²) in [5, 5.41) is 18.5. The van der Waals surface area contributed by atoms with Crippen LogP contribution in [0.1, 0.15) is 28.9 Å². The molecule has 6 heteroatoms. The van der Waals surface area contributed by atoms with Crippen molar-refractivity contribution in [3.63, 3.8) is 0 Å². The van der Waals surface area contributed by atoms with Gasteiger partial charge in [-0.25, -0.2) is 0 Å². The predicted octanol–water partition coefficient (Wildman–Crippen LogP) is 5.04. The van der Waals surface area contributed by atoms with E-state index in [4.69, 9.17) is 21.1 Å². The van der Waals surface area contributed by atoms with Gasteiger partial charge in [-0.2, -0.15) is 0 Å². The Morgan fingerprint density at radius 1 is 0.833 bits per heavy atom. The highest BCUT2D eigenvalue weighted by molar-refractivity contribution is 6.30. The Morgan fingerprint density at radius 3 is 2.23 bits per heavy atom. The Bertz CT molecular complexity index is 1070. The maximum absolute atomic E-state index is 10.7. The van der Waals surface area contributed by atoms with E-state index < -0.39 is 0 Å². The van der Waals surface area contributed by atoms with Crippen LogP contribution in [0, 0.1) is 0 Å². The first kappa shape index (κ1) is 20.1. The number of nitrogens with one attached hydrogen (secondary N) is 2. The van der Waals surface area contributed by atoms with Crippen LogP contribution in [-0.4, -0.2) is 19.3 Å². The van der Waals surface area contributed by atoms with Crippen molar-refractivity contribution in [1.82, 2.24) is 10.6 Å². The van der Waals surface area contributed by atoms with Crippen LogP contribution in [0.4, 0.5) is 0 Å². The zero-order valence-electron chi connectivity index (χ0n) is 16.7. The molecular formula is C24H23ClN2O3. The first-order chi connectivity index (χ1) is 14.6. The van der Waals surface area contributed by atoms with Crippen LogP contribution in [0.2, 0.25) is 5.02 Å². The molecule has 0 radical (unpaired) electrons. The molecule has 5 nitrogen and oxygen atoms in total. The fourth-order valence-corrected chi connectivity index (χ4v) is 3.78. The summed E-state index contributed by atoms with van der Waals surface area (Å²) in [6.45, 7) is 0. The number of aromatic hydroxyl groups is 1. The van der Waals surface area contributed by atoms with Gasteiger partial charge in [0.05, 0.1) is 20.3 Å². The maximum atomic E-state index is 10.7. The van der Waals surface area contributed by atoms with E-state index in [9.17, 15) is 5.11 Å². The number of benzene rings is 3. The van der Waals surface area contributed by atoms with E-state index in [1.807, 2.05) is 66.7 Å². The highest BCUT2D eigenvalue weighted by atomic mass is 35.5. The molecule has 0 amide bonds. The van der Waals surface area contributed by atoms with Crippen LogP contribution < -0.4 is 20.1 Å². The van der Waals surface area contributed by atoms with Gasteiger partial charge in [-0.1, -0.05) is 54.1 Å². The second-order valence-corrected chi connectivity index (χ2v) is 7.39. The van der Waals surface area contributed by atoms with Gasteiger partial charge < -0.3 is 19.9 Å². The summed E-state index contributed by atoms with van der Waals surface area (Å²) in [5.41, 5.74) is 3.61. The van der Waals surface area contributed by atoms with Gasteiger partial charge in [-0.15, -0.1) is 0 Å². The van der Waals surface area contributed by atoms with Crippen molar-refractivity contribution in [2.45, 2.75) is 12.2 Å². The van der Waals surface area contributed by atoms with Gasteiger partial charge in [0.15, 0.2) is 11.5 Å². The van der Waals surface area contributed by atoms with Crippen molar-refractivity contribution in [2.75, 3.05) is 14.2 Å². The van der Waals surface area contributed by atoms with Crippen LogP contribution >= 0.6 is 11.6 Å². The molecule has 3 N–H and O–H groups in total. The number of phenols is 1. The summed E-state index contributed by atoms with van der Waals surface area (Å²) in [6, 6.07) is 20.7. The highest BCUT2D eigenvalue weighted by Crippen LogP contribution is 2.39. The number of para-hydroxylation sites is 2. The molecule has 154 valence electrons. The summed E-state index contributed by atoms with van der Waals surface area (Å²) in [4.78, 5) is 0. The lowest BCUT2D eigenvalue weighted by molar-refractivity contribution is 0.359. The van der Waals surface area contributed by atoms with Crippen LogP contribution in [-0.2, 0) is 0 Å². The SMILES string of the molecule is COc1ccccc1C1NC(c2ccc(Cl)cc2)=CC(c2cccc(OC)c2O)N1. The van der Waals surface area contributed by atoms with Crippen molar-refractivity contribution >= 4 is 17.3 Å². The third kappa shape index (κ3) is 3.95. The van der Waals surface area contributed by atoms with E-state index in [-0.39, 0.29) is 18.0 Å². The number of ether oxygens (including phenoxy) is 2. The second kappa shape index (κ2) is 8.69. The van der Waals surface area contributed by atoms with Gasteiger partial charge in [-0.3, -0.25) is 5.32 Å². The van der Waals surface area contributed by atoms with Crippen molar-refractivity contribution in [1.29, 1.82) is 0 Å². The molecule has 1 aliphatic heterocycles. The van der Waals surface area contributed by atoms with Crippen molar-refractivity contribution in [2.24, 2.45) is 0 Å². The van der Waals surface area contributed by atoms with Crippen LogP contribution in [0.3, 0.4) is 0 Å². The maximum Gasteiger partial charge on any atom is 0.162 e. The second-order valence-electron chi connectivity index (χ2n) is 6.95. The largest absolute Gasteiger partial charge is 0.504 e. The number of hydrogen-bond acceptors (Lipinski definition) is 5. The summed E-state index contributed by atoms with van der Waals surface area (Å²) < 4.78 is 10.9. The summed E-state index contributed by atoms with van der Waals surface area (Å²) >= 11 is 6.08. The van der Waals surface area contributed by atoms with E-state index in [2.05, 4.69) is 10.6 Å². The predicted molar refractivity (Wildman–Crippen MR) is 119 cm³/mol. The van der Waals surface area contributed by atoms with Gasteiger partial charge >= 0.3 is 0 Å². The quantitative estimate of drug-likeness (QED) is 0.538. The molecule has 0 saturated carbocycles. The fourth-order valence-electron chi connectivity index (χ4n) is 3.66. The van der Waals surface area contributed by atoms with E-state index >= 15 is 0 Å². The molecule has 2 atom stereocenters. The van der Waals surface area contributed by atoms with Crippen molar-refractivity contribution in [3.05, 3.63) is 94.5 Å². The highest BCUT2D eigenvalue weighted by Gasteiger charge is 2.28. The molecule has 0 aliphatic carbocycles. The van der Waals surface area contributed by atoms with Crippen LogP contribution in [0.5, 0.6) is 17.2 Å². The van der Waals surface area contributed by atoms with E-state index in [0.29, 0.717) is 10.8 Å². The first-order valence-electron chi connectivity index (χ1n) is 9.60. The molecule has 1 heterocycles. The number of phenolic OH excluding ortho intramolecular Hbond substituents is 1. The number of rotatable bonds is 5. The summed E-state index contributed by atoms with van der Waals surface area (Å²) in [6.07, 6.45) is 1.80. The van der Waals surface area contributed by atoms with Crippen LogP contribution in [0.15, 0.2) is 72.8 Å². The number of hydrogen-bond donors (Lipinski definition) is 3. The zero-order chi connectivity index (χ0) is 21.1. The molecule has 4 rings (SSSR count). The molecule has 3 aromatic carbocycles. The van der Waals surface area contributed by atoms with Crippen LogP contribution in [0.25, 0.3) is 5.70 Å². The van der Waals surface area contributed by atoms with Crippen molar-refractivity contribution in [3.8, 4) is 17.2 Å². The molecule has 30 heavy (non-hydrogen) atoms. The Labute approximate surface area is 180 Å². The Morgan fingerprint density at radius 2 is 1.50 bits per heavy atom. The Balaban J connectivity index is 1.80. The first-order valence-corrected chi connectivity index (χ1v) is 9.97. The average molecular weight is 423 g/mol. The van der Waals surface area contributed by atoms with Crippen molar-refractivity contribution < 1.29 is 14.6 Å². The molecule has 2 unspecified atom stereocenters. The third-order valence-electron chi connectivity index (χ3n) is 5.17. The molecule has 1 aliphatic rings. The van der Waals surface area contributed by atoms with E-state index in [1.54, 1.807) is 20.3 Å². The van der Waals surface area contributed by atoms with Gasteiger partial charge in [0.2, 0.25) is 0 Å². The Kier molecular flexibility index (Phi) is 5.84. The third-order valence-corrected chi connectivity index (χ3v) is 5.42. The van der Waals surface area contributed by atoms with Gasteiger partial charge in [0, 0.05) is 21.8 Å².